The van der Waals surface area contributed by atoms with Crippen LogP contribution in [0, 0.1) is 19.8 Å². The average Bonchev–Trinajstić information content (AvgIpc) is 2.43. The summed E-state index contributed by atoms with van der Waals surface area (Å²) in [5, 5.41) is 0. The van der Waals surface area contributed by atoms with Crippen molar-refractivity contribution in [1.82, 2.24) is 0 Å². The molecule has 2 N–H and O–H groups in total. The van der Waals surface area contributed by atoms with E-state index in [9.17, 15) is 0 Å². The summed E-state index contributed by atoms with van der Waals surface area (Å²) in [5.41, 5.74) is 11.3. The molecule has 0 spiro atoms. The highest BCUT2D eigenvalue weighted by Crippen LogP contribution is 2.15. The van der Waals surface area contributed by atoms with Crippen molar-refractivity contribution in [1.29, 1.82) is 0 Å². The second kappa shape index (κ2) is 6.53. The van der Waals surface area contributed by atoms with Crippen molar-refractivity contribution in [2.45, 2.75) is 26.7 Å². The molecular weight excluding hydrogens is 230 g/mol. The summed E-state index contributed by atoms with van der Waals surface area (Å²) in [4.78, 5) is 0. The fourth-order valence-electron chi connectivity index (χ4n) is 2.35. The minimum absolute atomic E-state index is 0.519. The molecule has 2 aromatic carbocycles. The molecule has 0 fully saturated rings. The summed E-state index contributed by atoms with van der Waals surface area (Å²) < 4.78 is 0. The Morgan fingerprint density at radius 2 is 1.11 bits per heavy atom. The van der Waals surface area contributed by atoms with E-state index in [1.54, 1.807) is 0 Å². The molecule has 2 rings (SSSR count). The van der Waals surface area contributed by atoms with Crippen LogP contribution in [-0.2, 0) is 12.8 Å². The zero-order valence-corrected chi connectivity index (χ0v) is 11.9. The Morgan fingerprint density at radius 1 is 0.737 bits per heavy atom. The fourth-order valence-corrected chi connectivity index (χ4v) is 2.35. The van der Waals surface area contributed by atoms with Crippen molar-refractivity contribution in [2.24, 2.45) is 11.7 Å². The lowest BCUT2D eigenvalue weighted by atomic mass is 9.92. The molecule has 0 unspecified atom stereocenters. The highest BCUT2D eigenvalue weighted by molar-refractivity contribution is 5.24. The fraction of sp³-hybridized carbons (Fsp3) is 0.333. The molecule has 0 saturated carbocycles. The number of aryl methyl sites for hydroxylation is 2. The van der Waals surface area contributed by atoms with Gasteiger partial charge in [0, 0.05) is 0 Å². The van der Waals surface area contributed by atoms with Gasteiger partial charge in [0.05, 0.1) is 0 Å². The standard InChI is InChI=1S/C18H23N/c1-14-3-7-16(8-4-14)11-18(13-19)12-17-9-5-15(2)6-10-17/h3-10,18H,11-13,19H2,1-2H3. The van der Waals surface area contributed by atoms with Gasteiger partial charge in [0.2, 0.25) is 0 Å². The lowest BCUT2D eigenvalue weighted by Gasteiger charge is -2.15. The van der Waals surface area contributed by atoms with Crippen molar-refractivity contribution in [3.8, 4) is 0 Å². The molecule has 0 saturated heterocycles. The van der Waals surface area contributed by atoms with E-state index in [2.05, 4.69) is 62.4 Å². The maximum Gasteiger partial charge on any atom is -0.00425 e. The van der Waals surface area contributed by atoms with E-state index in [0.29, 0.717) is 5.92 Å². The molecule has 0 aromatic heterocycles. The molecule has 0 bridgehead atoms. The maximum absolute atomic E-state index is 5.93. The minimum Gasteiger partial charge on any atom is -0.330 e. The third kappa shape index (κ3) is 4.22. The van der Waals surface area contributed by atoms with Gasteiger partial charge in [-0.1, -0.05) is 59.7 Å². The zero-order chi connectivity index (χ0) is 13.7. The number of nitrogens with two attached hydrogens (primary N) is 1. The highest BCUT2D eigenvalue weighted by atomic mass is 14.5. The summed E-state index contributed by atoms with van der Waals surface area (Å²) >= 11 is 0. The lowest BCUT2D eigenvalue weighted by Crippen LogP contribution is -2.19. The Balaban J connectivity index is 2.00. The molecule has 1 heteroatoms. The van der Waals surface area contributed by atoms with Crippen molar-refractivity contribution in [2.75, 3.05) is 6.54 Å². The molecular formula is C18H23N. The second-order valence-electron chi connectivity index (χ2n) is 5.48. The summed E-state index contributed by atoms with van der Waals surface area (Å²) in [5.74, 6) is 0.519. The number of benzene rings is 2. The molecule has 1 nitrogen and oxygen atoms in total. The molecule has 0 aliphatic rings. The molecule has 0 amide bonds. The first-order valence-corrected chi connectivity index (χ1v) is 6.98. The summed E-state index contributed by atoms with van der Waals surface area (Å²) in [6.45, 7) is 4.98. The van der Waals surface area contributed by atoms with Gasteiger partial charge >= 0.3 is 0 Å². The van der Waals surface area contributed by atoms with Crippen molar-refractivity contribution in [3.05, 3.63) is 70.8 Å². The SMILES string of the molecule is Cc1ccc(CC(CN)Cc2ccc(C)cc2)cc1. The van der Waals surface area contributed by atoms with Crippen LogP contribution >= 0.6 is 0 Å². The number of hydrogen-bond donors (Lipinski definition) is 1. The Labute approximate surface area is 116 Å². The molecule has 0 aliphatic heterocycles. The van der Waals surface area contributed by atoms with Crippen LogP contribution in [-0.4, -0.2) is 6.54 Å². The van der Waals surface area contributed by atoms with Gasteiger partial charge in [0.15, 0.2) is 0 Å². The first kappa shape index (κ1) is 13.8. The van der Waals surface area contributed by atoms with E-state index in [4.69, 9.17) is 5.73 Å². The van der Waals surface area contributed by atoms with Gasteiger partial charge in [-0.2, -0.15) is 0 Å². The third-order valence-corrected chi connectivity index (χ3v) is 3.62. The first-order valence-electron chi connectivity index (χ1n) is 6.98. The monoisotopic (exact) mass is 253 g/mol. The normalized spacial score (nSPS) is 10.9. The second-order valence-corrected chi connectivity index (χ2v) is 5.48. The van der Waals surface area contributed by atoms with E-state index in [1.165, 1.54) is 22.3 Å². The van der Waals surface area contributed by atoms with Crippen LogP contribution in [0.4, 0.5) is 0 Å². The van der Waals surface area contributed by atoms with E-state index in [1.807, 2.05) is 0 Å². The first-order chi connectivity index (χ1) is 9.17. The lowest BCUT2D eigenvalue weighted by molar-refractivity contribution is 0.533. The van der Waals surface area contributed by atoms with Gasteiger partial charge in [0.25, 0.3) is 0 Å². The largest absolute Gasteiger partial charge is 0.330 e. The van der Waals surface area contributed by atoms with Gasteiger partial charge in [-0.3, -0.25) is 0 Å². The molecule has 100 valence electrons. The minimum atomic E-state index is 0.519. The molecule has 0 heterocycles. The molecule has 0 aliphatic carbocycles. The number of hydrogen-bond acceptors (Lipinski definition) is 1. The molecule has 0 atom stereocenters. The van der Waals surface area contributed by atoms with E-state index >= 15 is 0 Å². The van der Waals surface area contributed by atoms with E-state index < -0.39 is 0 Å². The van der Waals surface area contributed by atoms with Gasteiger partial charge < -0.3 is 5.73 Å². The van der Waals surface area contributed by atoms with Crippen LogP contribution in [0.25, 0.3) is 0 Å². The van der Waals surface area contributed by atoms with Gasteiger partial charge in [-0.05, 0) is 50.3 Å². The quantitative estimate of drug-likeness (QED) is 0.864. The van der Waals surface area contributed by atoms with Crippen LogP contribution in [0.1, 0.15) is 22.3 Å². The van der Waals surface area contributed by atoms with Gasteiger partial charge in [-0.25, -0.2) is 0 Å². The predicted octanol–water partition coefficient (Wildman–Crippen LogP) is 3.66. The van der Waals surface area contributed by atoms with Gasteiger partial charge in [-0.15, -0.1) is 0 Å². The average molecular weight is 253 g/mol. The Morgan fingerprint density at radius 3 is 1.42 bits per heavy atom. The van der Waals surface area contributed by atoms with Crippen molar-refractivity contribution < 1.29 is 0 Å². The molecule has 2 aromatic rings. The topological polar surface area (TPSA) is 26.0 Å². The van der Waals surface area contributed by atoms with Crippen LogP contribution in [0.5, 0.6) is 0 Å². The summed E-state index contributed by atoms with van der Waals surface area (Å²) in [6.07, 6.45) is 2.12. The summed E-state index contributed by atoms with van der Waals surface area (Å²) in [6, 6.07) is 17.6. The predicted molar refractivity (Wildman–Crippen MR) is 82.3 cm³/mol. The van der Waals surface area contributed by atoms with E-state index in [-0.39, 0.29) is 0 Å². The van der Waals surface area contributed by atoms with Crippen molar-refractivity contribution in [3.63, 3.8) is 0 Å². The molecule has 0 radical (unpaired) electrons. The zero-order valence-electron chi connectivity index (χ0n) is 11.9. The Bertz CT molecular complexity index is 449. The van der Waals surface area contributed by atoms with Gasteiger partial charge in [0.1, 0.15) is 0 Å². The van der Waals surface area contributed by atoms with Crippen molar-refractivity contribution >= 4 is 0 Å². The third-order valence-electron chi connectivity index (χ3n) is 3.62. The highest BCUT2D eigenvalue weighted by Gasteiger charge is 2.09. The summed E-state index contributed by atoms with van der Waals surface area (Å²) in [7, 11) is 0. The molecule has 19 heavy (non-hydrogen) atoms. The Hall–Kier alpha value is -1.60. The van der Waals surface area contributed by atoms with E-state index in [0.717, 1.165) is 19.4 Å². The van der Waals surface area contributed by atoms with Crippen LogP contribution in [0.15, 0.2) is 48.5 Å². The van der Waals surface area contributed by atoms with Crippen LogP contribution in [0.3, 0.4) is 0 Å². The van der Waals surface area contributed by atoms with Crippen LogP contribution in [0.2, 0.25) is 0 Å². The number of rotatable bonds is 5. The Kier molecular flexibility index (Phi) is 4.75. The smallest absolute Gasteiger partial charge is 0.00425 e. The van der Waals surface area contributed by atoms with Crippen LogP contribution < -0.4 is 5.73 Å². The maximum atomic E-state index is 5.93.